The van der Waals surface area contributed by atoms with E-state index < -0.39 is 6.04 Å². The minimum atomic E-state index is -0.402. The molecule has 0 radical (unpaired) electrons. The van der Waals surface area contributed by atoms with Gasteiger partial charge in [0.25, 0.3) is 0 Å². The van der Waals surface area contributed by atoms with E-state index in [9.17, 15) is 4.39 Å². The number of benzene rings is 1. The SMILES string of the molecule is CCNC(c1ccc(Br)o1)c1cc(OC)c(OC)cc1F. The molecule has 0 aliphatic rings. The van der Waals surface area contributed by atoms with Crippen LogP contribution in [0.25, 0.3) is 0 Å². The van der Waals surface area contributed by atoms with E-state index in [2.05, 4.69) is 21.2 Å². The van der Waals surface area contributed by atoms with Gasteiger partial charge in [0.1, 0.15) is 11.6 Å². The molecule has 1 aromatic heterocycles. The standard InChI is InChI=1S/C15H17BrFNO3/c1-4-18-15(11-5-6-14(16)21-11)9-7-12(19-2)13(20-3)8-10(9)17/h5-8,15,18H,4H2,1-3H3. The van der Waals surface area contributed by atoms with Crippen molar-refractivity contribution in [3.8, 4) is 11.5 Å². The molecule has 1 atom stereocenters. The van der Waals surface area contributed by atoms with Crippen LogP contribution in [0.1, 0.15) is 24.3 Å². The second-order valence-corrected chi connectivity index (χ2v) is 5.14. The number of furan rings is 1. The van der Waals surface area contributed by atoms with Gasteiger partial charge in [-0.3, -0.25) is 0 Å². The molecule has 0 aliphatic heterocycles. The van der Waals surface area contributed by atoms with Gasteiger partial charge in [-0.15, -0.1) is 0 Å². The maximum absolute atomic E-state index is 14.4. The van der Waals surface area contributed by atoms with Crippen LogP contribution in [-0.2, 0) is 0 Å². The Kier molecular flexibility index (Phi) is 5.25. The van der Waals surface area contributed by atoms with Crippen molar-refractivity contribution in [3.05, 3.63) is 46.1 Å². The Morgan fingerprint density at radius 1 is 1.24 bits per heavy atom. The van der Waals surface area contributed by atoms with Gasteiger partial charge in [0.05, 0.1) is 20.3 Å². The number of hydrogen-bond donors (Lipinski definition) is 1. The molecule has 0 saturated carbocycles. The van der Waals surface area contributed by atoms with Crippen LogP contribution in [0.5, 0.6) is 11.5 Å². The monoisotopic (exact) mass is 357 g/mol. The summed E-state index contributed by atoms with van der Waals surface area (Å²) in [5, 5.41) is 3.21. The molecule has 21 heavy (non-hydrogen) atoms. The van der Waals surface area contributed by atoms with E-state index in [1.807, 2.05) is 6.92 Å². The van der Waals surface area contributed by atoms with Gasteiger partial charge in [0, 0.05) is 11.6 Å². The van der Waals surface area contributed by atoms with Gasteiger partial charge in [0.15, 0.2) is 16.2 Å². The molecule has 0 fully saturated rings. The Bertz CT molecular complexity index is 615. The second-order valence-electron chi connectivity index (χ2n) is 4.36. The normalized spacial score (nSPS) is 12.2. The van der Waals surface area contributed by atoms with Gasteiger partial charge in [0.2, 0.25) is 0 Å². The van der Waals surface area contributed by atoms with Crippen LogP contribution in [0.2, 0.25) is 0 Å². The van der Waals surface area contributed by atoms with Crippen molar-refractivity contribution in [2.24, 2.45) is 0 Å². The zero-order chi connectivity index (χ0) is 15.4. The zero-order valence-electron chi connectivity index (χ0n) is 12.1. The molecule has 1 unspecified atom stereocenters. The number of methoxy groups -OCH3 is 2. The maximum Gasteiger partial charge on any atom is 0.169 e. The highest BCUT2D eigenvalue weighted by Gasteiger charge is 2.23. The van der Waals surface area contributed by atoms with E-state index >= 15 is 0 Å². The molecule has 0 spiro atoms. The zero-order valence-corrected chi connectivity index (χ0v) is 13.7. The minimum absolute atomic E-state index is 0.356. The number of rotatable bonds is 6. The first-order valence-electron chi connectivity index (χ1n) is 6.50. The van der Waals surface area contributed by atoms with E-state index in [1.54, 1.807) is 18.2 Å². The Balaban J connectivity index is 2.49. The third-order valence-corrected chi connectivity index (χ3v) is 3.53. The smallest absolute Gasteiger partial charge is 0.169 e. The van der Waals surface area contributed by atoms with Crippen molar-refractivity contribution >= 4 is 15.9 Å². The van der Waals surface area contributed by atoms with E-state index in [1.165, 1.54) is 20.3 Å². The lowest BCUT2D eigenvalue weighted by atomic mass is 10.0. The first-order valence-corrected chi connectivity index (χ1v) is 7.30. The summed E-state index contributed by atoms with van der Waals surface area (Å²) in [6, 6.07) is 6.11. The first kappa shape index (κ1) is 15.9. The molecular weight excluding hydrogens is 341 g/mol. The number of halogens is 2. The Morgan fingerprint density at radius 3 is 2.43 bits per heavy atom. The summed E-state index contributed by atoms with van der Waals surface area (Å²) in [5.74, 6) is 1.07. The van der Waals surface area contributed by atoms with Gasteiger partial charge >= 0.3 is 0 Å². The molecule has 2 rings (SSSR count). The lowest BCUT2D eigenvalue weighted by Crippen LogP contribution is -2.22. The van der Waals surface area contributed by atoms with Gasteiger partial charge in [-0.05, 0) is 40.7 Å². The van der Waals surface area contributed by atoms with Crippen LogP contribution in [0.3, 0.4) is 0 Å². The molecular formula is C15H17BrFNO3. The molecule has 0 bridgehead atoms. The van der Waals surface area contributed by atoms with Crippen LogP contribution < -0.4 is 14.8 Å². The first-order chi connectivity index (χ1) is 10.1. The van der Waals surface area contributed by atoms with Gasteiger partial charge in [-0.1, -0.05) is 6.92 Å². The van der Waals surface area contributed by atoms with Gasteiger partial charge in [-0.25, -0.2) is 4.39 Å². The Labute approximate surface area is 131 Å². The van der Waals surface area contributed by atoms with Crippen LogP contribution in [0.4, 0.5) is 4.39 Å². The number of hydrogen-bond acceptors (Lipinski definition) is 4. The molecule has 0 amide bonds. The van der Waals surface area contributed by atoms with Crippen LogP contribution >= 0.6 is 15.9 Å². The average Bonchev–Trinajstić information content (AvgIpc) is 2.91. The summed E-state index contributed by atoms with van der Waals surface area (Å²) >= 11 is 3.26. The fourth-order valence-electron chi connectivity index (χ4n) is 2.14. The summed E-state index contributed by atoms with van der Waals surface area (Å²) in [6.45, 7) is 2.61. The third-order valence-electron chi connectivity index (χ3n) is 3.10. The topological polar surface area (TPSA) is 43.6 Å². The molecule has 6 heteroatoms. The van der Waals surface area contributed by atoms with Gasteiger partial charge in [-0.2, -0.15) is 0 Å². The van der Waals surface area contributed by atoms with Crippen molar-refractivity contribution in [3.63, 3.8) is 0 Å². The van der Waals surface area contributed by atoms with E-state index in [-0.39, 0.29) is 5.82 Å². The van der Waals surface area contributed by atoms with E-state index in [0.717, 1.165) is 0 Å². The minimum Gasteiger partial charge on any atom is -0.493 e. The van der Waals surface area contributed by atoms with Crippen molar-refractivity contribution < 1.29 is 18.3 Å². The van der Waals surface area contributed by atoms with Crippen LogP contribution in [-0.4, -0.2) is 20.8 Å². The summed E-state index contributed by atoms with van der Waals surface area (Å²) in [7, 11) is 2.99. The third kappa shape index (κ3) is 3.39. The lowest BCUT2D eigenvalue weighted by Gasteiger charge is -2.18. The summed E-state index contributed by atoms with van der Waals surface area (Å²) in [6.07, 6.45) is 0. The quantitative estimate of drug-likeness (QED) is 0.851. The van der Waals surface area contributed by atoms with E-state index in [4.69, 9.17) is 13.9 Å². The summed E-state index contributed by atoms with van der Waals surface area (Å²) in [4.78, 5) is 0. The van der Waals surface area contributed by atoms with Crippen molar-refractivity contribution in [1.82, 2.24) is 5.32 Å². The Morgan fingerprint density at radius 2 is 1.90 bits per heavy atom. The number of nitrogens with one attached hydrogen (secondary N) is 1. The summed E-state index contributed by atoms with van der Waals surface area (Å²) in [5.41, 5.74) is 0.441. The molecule has 0 saturated heterocycles. The Hall–Kier alpha value is -1.53. The molecule has 0 aliphatic carbocycles. The fraction of sp³-hybridized carbons (Fsp3) is 0.333. The number of ether oxygens (including phenoxy) is 2. The largest absolute Gasteiger partial charge is 0.493 e. The molecule has 1 N–H and O–H groups in total. The van der Waals surface area contributed by atoms with E-state index in [0.29, 0.717) is 34.0 Å². The molecule has 2 aromatic rings. The maximum atomic E-state index is 14.4. The highest BCUT2D eigenvalue weighted by molar-refractivity contribution is 9.10. The summed E-state index contributed by atoms with van der Waals surface area (Å²) < 4.78 is 30.9. The van der Waals surface area contributed by atoms with Crippen molar-refractivity contribution in [2.75, 3.05) is 20.8 Å². The average molecular weight is 358 g/mol. The predicted molar refractivity (Wildman–Crippen MR) is 81.4 cm³/mol. The van der Waals surface area contributed by atoms with Crippen molar-refractivity contribution in [1.29, 1.82) is 0 Å². The van der Waals surface area contributed by atoms with Gasteiger partial charge < -0.3 is 19.2 Å². The molecule has 1 aromatic carbocycles. The molecule has 4 nitrogen and oxygen atoms in total. The van der Waals surface area contributed by atoms with Crippen molar-refractivity contribution in [2.45, 2.75) is 13.0 Å². The molecule has 114 valence electrons. The fourth-order valence-corrected chi connectivity index (χ4v) is 2.46. The predicted octanol–water partition coefficient (Wildman–Crippen LogP) is 3.90. The molecule has 1 heterocycles. The second kappa shape index (κ2) is 6.95. The van der Waals surface area contributed by atoms with Crippen LogP contribution in [0.15, 0.2) is 33.4 Å². The van der Waals surface area contributed by atoms with Crippen LogP contribution in [0, 0.1) is 5.82 Å². The highest BCUT2D eigenvalue weighted by Crippen LogP contribution is 2.35. The lowest BCUT2D eigenvalue weighted by molar-refractivity contribution is 0.349. The highest BCUT2D eigenvalue weighted by atomic mass is 79.9.